The molecular formula is C14H15NaOS. The van der Waals surface area contributed by atoms with Crippen molar-refractivity contribution in [3.8, 4) is 0 Å². The molecule has 3 heteroatoms. The molecule has 0 aromatic heterocycles. The maximum absolute atomic E-state index is 10.6. The van der Waals surface area contributed by atoms with Gasteiger partial charge in [-0.2, -0.15) is 0 Å². The van der Waals surface area contributed by atoms with Gasteiger partial charge in [-0.05, 0) is 19.1 Å². The molecule has 0 spiro atoms. The third-order valence-corrected chi connectivity index (χ3v) is 2.23. The summed E-state index contributed by atoms with van der Waals surface area (Å²) in [5, 5.41) is 0. The Labute approximate surface area is 130 Å². The van der Waals surface area contributed by atoms with Crippen molar-refractivity contribution in [2.45, 2.75) is 11.8 Å². The summed E-state index contributed by atoms with van der Waals surface area (Å²) >= 11 is 4.08. The van der Waals surface area contributed by atoms with Crippen LogP contribution in [0.5, 0.6) is 0 Å². The molecule has 0 heterocycles. The van der Waals surface area contributed by atoms with Gasteiger partial charge in [-0.1, -0.05) is 48.5 Å². The van der Waals surface area contributed by atoms with Crippen molar-refractivity contribution in [3.63, 3.8) is 0 Å². The van der Waals surface area contributed by atoms with E-state index < -0.39 is 0 Å². The predicted octanol–water partition coefficient (Wildman–Crippen LogP) is 3.22. The first kappa shape index (κ1) is 16.5. The van der Waals surface area contributed by atoms with Gasteiger partial charge >= 0.3 is 29.6 Å². The molecule has 2 aromatic rings. The van der Waals surface area contributed by atoms with Crippen LogP contribution in [-0.4, -0.2) is 35.3 Å². The molecule has 0 radical (unpaired) electrons. The Morgan fingerprint density at radius 2 is 1.29 bits per heavy atom. The standard InChI is InChI=1S/C8H8O.C6H6S.Na.H/c1-7(9)8-5-3-2-4-6-8;7-6-4-2-1-3-5-6;;/h2-6H,1H3;1-5,7H;;. The molecule has 0 aliphatic heterocycles. The molecule has 2 rings (SSSR count). The SMILES string of the molecule is CC(=O)c1ccccc1.Sc1ccccc1.[NaH]. The summed E-state index contributed by atoms with van der Waals surface area (Å²) in [4.78, 5) is 11.7. The quantitative estimate of drug-likeness (QED) is 0.470. The Morgan fingerprint density at radius 3 is 1.53 bits per heavy atom. The summed E-state index contributed by atoms with van der Waals surface area (Å²) < 4.78 is 0. The molecule has 0 atom stereocenters. The van der Waals surface area contributed by atoms with E-state index in [2.05, 4.69) is 12.6 Å². The third kappa shape index (κ3) is 7.40. The number of hydrogen-bond acceptors (Lipinski definition) is 2. The Kier molecular flexibility index (Phi) is 9.18. The van der Waals surface area contributed by atoms with Crippen LogP contribution in [0, 0.1) is 0 Å². The van der Waals surface area contributed by atoms with Gasteiger partial charge in [0.05, 0.1) is 0 Å². The molecule has 0 N–H and O–H groups in total. The zero-order valence-electron chi connectivity index (χ0n) is 9.13. The third-order valence-electron chi connectivity index (χ3n) is 1.94. The molecule has 0 saturated carbocycles. The minimum atomic E-state index is 0. The van der Waals surface area contributed by atoms with Gasteiger partial charge in [-0.25, -0.2) is 0 Å². The van der Waals surface area contributed by atoms with Crippen LogP contribution in [0.2, 0.25) is 0 Å². The van der Waals surface area contributed by atoms with Gasteiger partial charge in [0.15, 0.2) is 5.78 Å². The molecule has 0 amide bonds. The van der Waals surface area contributed by atoms with E-state index in [1.165, 1.54) is 0 Å². The van der Waals surface area contributed by atoms with Gasteiger partial charge in [0, 0.05) is 10.5 Å². The number of carbonyl (C=O) groups is 1. The number of Topliss-reactive ketones (excluding diaryl/α,β-unsaturated/α-hetero) is 1. The number of thiol groups is 1. The number of hydrogen-bond donors (Lipinski definition) is 1. The zero-order valence-corrected chi connectivity index (χ0v) is 10.0. The minimum absolute atomic E-state index is 0. The summed E-state index contributed by atoms with van der Waals surface area (Å²) in [6, 6.07) is 19.0. The predicted molar refractivity (Wildman–Crippen MR) is 77.3 cm³/mol. The average Bonchev–Trinajstić information content (AvgIpc) is 2.32. The average molecular weight is 254 g/mol. The van der Waals surface area contributed by atoms with Crippen molar-refractivity contribution in [2.24, 2.45) is 0 Å². The van der Waals surface area contributed by atoms with Crippen molar-refractivity contribution < 1.29 is 4.79 Å². The van der Waals surface area contributed by atoms with Crippen molar-refractivity contribution in [1.82, 2.24) is 0 Å². The van der Waals surface area contributed by atoms with Crippen LogP contribution < -0.4 is 0 Å². The molecule has 84 valence electrons. The van der Waals surface area contributed by atoms with Crippen LogP contribution in [0.15, 0.2) is 65.6 Å². The van der Waals surface area contributed by atoms with Crippen LogP contribution in [0.25, 0.3) is 0 Å². The van der Waals surface area contributed by atoms with Gasteiger partial charge in [0.25, 0.3) is 0 Å². The number of rotatable bonds is 1. The van der Waals surface area contributed by atoms with Crippen molar-refractivity contribution >= 4 is 48.0 Å². The second-order valence-corrected chi connectivity index (χ2v) is 3.77. The van der Waals surface area contributed by atoms with E-state index in [0.29, 0.717) is 0 Å². The van der Waals surface area contributed by atoms with Gasteiger partial charge in [-0.15, -0.1) is 12.6 Å². The molecule has 0 unspecified atom stereocenters. The van der Waals surface area contributed by atoms with Crippen molar-refractivity contribution in [3.05, 3.63) is 66.2 Å². The fourth-order valence-corrected chi connectivity index (χ4v) is 1.27. The van der Waals surface area contributed by atoms with Crippen LogP contribution in [-0.2, 0) is 0 Å². The van der Waals surface area contributed by atoms with E-state index in [-0.39, 0.29) is 35.3 Å². The van der Waals surface area contributed by atoms with E-state index in [9.17, 15) is 4.79 Å². The van der Waals surface area contributed by atoms with E-state index in [0.717, 1.165) is 10.5 Å². The molecule has 0 saturated heterocycles. The number of ketones is 1. The van der Waals surface area contributed by atoms with Gasteiger partial charge in [-0.3, -0.25) is 4.79 Å². The molecule has 1 nitrogen and oxygen atoms in total. The monoisotopic (exact) mass is 254 g/mol. The second kappa shape index (κ2) is 9.49. The fourth-order valence-electron chi connectivity index (χ4n) is 1.10. The maximum atomic E-state index is 10.6. The zero-order chi connectivity index (χ0) is 11.8. The van der Waals surface area contributed by atoms with Gasteiger partial charge in [0.2, 0.25) is 0 Å². The molecular weight excluding hydrogens is 239 g/mol. The molecule has 0 aliphatic rings. The molecule has 17 heavy (non-hydrogen) atoms. The Balaban J connectivity index is 0.000000292. The van der Waals surface area contributed by atoms with Crippen molar-refractivity contribution in [2.75, 3.05) is 0 Å². The van der Waals surface area contributed by atoms with Crippen LogP contribution in [0.1, 0.15) is 17.3 Å². The van der Waals surface area contributed by atoms with E-state index in [4.69, 9.17) is 0 Å². The summed E-state index contributed by atoms with van der Waals surface area (Å²) in [7, 11) is 0. The Morgan fingerprint density at radius 1 is 0.882 bits per heavy atom. The van der Waals surface area contributed by atoms with Gasteiger partial charge < -0.3 is 0 Å². The first-order valence-corrected chi connectivity index (χ1v) is 5.45. The fraction of sp³-hybridized carbons (Fsp3) is 0.0714. The normalized spacial score (nSPS) is 8.35. The first-order chi connectivity index (χ1) is 7.70. The summed E-state index contributed by atoms with van der Waals surface area (Å²) in [6.07, 6.45) is 0. The van der Waals surface area contributed by atoms with Crippen molar-refractivity contribution in [1.29, 1.82) is 0 Å². The molecule has 2 aromatic carbocycles. The van der Waals surface area contributed by atoms with Crippen LogP contribution in [0.4, 0.5) is 0 Å². The summed E-state index contributed by atoms with van der Waals surface area (Å²) in [6.45, 7) is 1.56. The van der Waals surface area contributed by atoms with Crippen LogP contribution >= 0.6 is 12.6 Å². The van der Waals surface area contributed by atoms with E-state index in [1.54, 1.807) is 6.92 Å². The topological polar surface area (TPSA) is 17.1 Å². The Hall–Kier alpha value is -0.540. The number of benzene rings is 2. The summed E-state index contributed by atoms with van der Waals surface area (Å²) in [5.74, 6) is 0.121. The second-order valence-electron chi connectivity index (χ2n) is 3.26. The molecule has 0 bridgehead atoms. The molecule has 0 fully saturated rings. The van der Waals surface area contributed by atoms with E-state index in [1.807, 2.05) is 60.7 Å². The summed E-state index contributed by atoms with van der Waals surface area (Å²) in [5.41, 5.74) is 0.775. The van der Waals surface area contributed by atoms with E-state index >= 15 is 0 Å². The molecule has 0 aliphatic carbocycles. The van der Waals surface area contributed by atoms with Gasteiger partial charge in [0.1, 0.15) is 0 Å². The first-order valence-electron chi connectivity index (χ1n) is 5.00. The van der Waals surface area contributed by atoms with Crippen LogP contribution in [0.3, 0.4) is 0 Å². The Bertz CT molecular complexity index is 428. The number of carbonyl (C=O) groups excluding carboxylic acids is 1.